The molecular formula is C97H168. The summed E-state index contributed by atoms with van der Waals surface area (Å²) in [7, 11) is 0. The molecular weight excluding hydrogens is 1170 g/mol. The van der Waals surface area contributed by atoms with Gasteiger partial charge in [0.15, 0.2) is 0 Å². The Morgan fingerprint density at radius 1 is 0.278 bits per heavy atom. The van der Waals surface area contributed by atoms with Crippen molar-refractivity contribution in [2.45, 2.75) is 395 Å². The van der Waals surface area contributed by atoms with Crippen LogP contribution in [-0.4, -0.2) is 0 Å². The smallest absolute Gasteiger partial charge is 0.0132 e. The van der Waals surface area contributed by atoms with E-state index in [4.69, 9.17) is 0 Å². The fourth-order valence-corrected chi connectivity index (χ4v) is 10.4. The molecule has 0 heteroatoms. The fourth-order valence-electron chi connectivity index (χ4n) is 10.4. The highest BCUT2D eigenvalue weighted by Crippen LogP contribution is 2.43. The van der Waals surface area contributed by atoms with Crippen molar-refractivity contribution in [3.05, 3.63) is 164 Å². The Bertz CT molecular complexity index is 2820. The van der Waals surface area contributed by atoms with E-state index >= 15 is 0 Å². The maximum absolute atomic E-state index is 4.00. The van der Waals surface area contributed by atoms with Crippen LogP contribution in [0.4, 0.5) is 0 Å². The zero-order valence-corrected chi connectivity index (χ0v) is 73.4. The molecule has 0 aliphatic heterocycles. The van der Waals surface area contributed by atoms with Gasteiger partial charge in [-0.25, -0.2) is 0 Å². The lowest BCUT2D eigenvalue weighted by Gasteiger charge is -2.28. The Balaban J connectivity index is -0.000000256. The normalized spacial score (nSPS) is 10.3. The summed E-state index contributed by atoms with van der Waals surface area (Å²) in [5.74, 6) is 0. The van der Waals surface area contributed by atoms with E-state index in [0.717, 1.165) is 32.1 Å². The van der Waals surface area contributed by atoms with Crippen molar-refractivity contribution < 1.29 is 0 Å². The van der Waals surface area contributed by atoms with Crippen molar-refractivity contribution in [1.29, 1.82) is 0 Å². The Kier molecular flexibility index (Phi) is 62.6. The van der Waals surface area contributed by atoms with Crippen LogP contribution in [0.15, 0.2) is 97.1 Å². The second-order valence-electron chi connectivity index (χ2n) is 28.6. The van der Waals surface area contributed by atoms with Crippen LogP contribution in [0.1, 0.15) is 388 Å². The zero-order chi connectivity index (χ0) is 77.8. The minimum absolute atomic E-state index is 0.0965. The highest BCUT2D eigenvalue weighted by atomic mass is 14.3. The number of terminal acetylenes is 1. The van der Waals surface area contributed by atoms with E-state index in [1.807, 2.05) is 111 Å². The maximum atomic E-state index is 4.00. The first-order chi connectivity index (χ1) is 45.7. The van der Waals surface area contributed by atoms with Crippen LogP contribution in [-0.2, 0) is 52.8 Å². The van der Waals surface area contributed by atoms with Crippen molar-refractivity contribution >= 4 is 0 Å². The number of aryl methyl sites for hydroxylation is 5. The molecule has 0 heterocycles. The summed E-state index contributed by atoms with van der Waals surface area (Å²) in [5.41, 5.74) is 28.9. The Morgan fingerprint density at radius 2 is 0.588 bits per heavy atom. The Labute approximate surface area is 612 Å². The van der Waals surface area contributed by atoms with Crippen molar-refractivity contribution in [2.75, 3.05) is 0 Å². The molecule has 0 nitrogen and oxygen atoms in total. The molecule has 0 atom stereocenters. The summed E-state index contributed by atoms with van der Waals surface area (Å²) in [6.45, 7) is 91.5. The minimum atomic E-state index is 0.0965. The molecule has 0 fully saturated rings. The lowest BCUT2D eigenvalue weighted by Crippen LogP contribution is -2.16. The third-order valence-electron chi connectivity index (χ3n) is 15.4. The molecule has 97 heavy (non-hydrogen) atoms. The molecule has 0 saturated carbocycles. The third-order valence-corrected chi connectivity index (χ3v) is 15.4. The molecule has 0 radical (unpaired) electrons. The molecule has 0 aromatic heterocycles. The minimum Gasteiger partial charge on any atom is -0.124 e. The topological polar surface area (TPSA) is 0 Å². The lowest BCUT2D eigenvalue weighted by molar-refractivity contribution is 0.568. The second kappa shape index (κ2) is 57.6. The average molecular weight is 1330 g/mol. The first-order valence-corrected chi connectivity index (χ1v) is 39.9. The van der Waals surface area contributed by atoms with Crippen molar-refractivity contribution in [3.63, 3.8) is 0 Å². The van der Waals surface area contributed by atoms with E-state index in [1.54, 1.807) is 0 Å². The number of hydrogen-bond acceptors (Lipinski definition) is 0. The van der Waals surface area contributed by atoms with Gasteiger partial charge in [0.1, 0.15) is 0 Å². The molecule has 0 amide bonds. The van der Waals surface area contributed by atoms with E-state index < -0.39 is 0 Å². The van der Waals surface area contributed by atoms with E-state index in [-0.39, 0.29) is 27.1 Å². The van der Waals surface area contributed by atoms with Crippen LogP contribution in [0.2, 0.25) is 0 Å². The lowest BCUT2D eigenvalue weighted by atomic mass is 9.77. The Hall–Kier alpha value is -5.12. The van der Waals surface area contributed by atoms with Crippen molar-refractivity contribution in [2.24, 2.45) is 0 Å². The van der Waals surface area contributed by atoms with Gasteiger partial charge in [-0.1, -0.05) is 412 Å². The molecule has 6 aromatic rings. The van der Waals surface area contributed by atoms with E-state index in [9.17, 15) is 0 Å². The molecule has 0 bridgehead atoms. The molecule has 0 unspecified atom stereocenters. The quantitative estimate of drug-likeness (QED) is 0.0753. The third kappa shape index (κ3) is 38.3. The summed E-state index contributed by atoms with van der Waals surface area (Å²) in [5, 5.41) is 0. The number of rotatable bonds is 14. The summed E-state index contributed by atoms with van der Waals surface area (Å²) < 4.78 is 0. The summed E-state index contributed by atoms with van der Waals surface area (Å²) in [6, 6.07) is 38.8. The van der Waals surface area contributed by atoms with Crippen molar-refractivity contribution in [3.8, 4) is 57.4 Å². The van der Waals surface area contributed by atoms with Gasteiger partial charge in [0.25, 0.3) is 0 Å². The van der Waals surface area contributed by atoms with Gasteiger partial charge in [-0.05, 0) is 191 Å². The van der Waals surface area contributed by atoms with Crippen LogP contribution in [0.25, 0.3) is 44.5 Å². The maximum Gasteiger partial charge on any atom is -0.0132 e. The molecule has 0 saturated heterocycles. The highest BCUT2D eigenvalue weighted by molar-refractivity contribution is 5.83. The average Bonchev–Trinajstić information content (AvgIpc) is 0.775. The molecule has 0 N–H and O–H groups in total. The van der Waals surface area contributed by atoms with Gasteiger partial charge in [-0.2, -0.15) is 0 Å². The SMILES string of the molecule is C#C.CC.CC.CC.CC.CC.CC.CC.CC.CCC.CCC.CCCCCCc1c(-c2cc(C(C)(C)C)cc(C(C)(C)C)c2)cc(C)cc1-c1cc(C(C)(C)C)ccc1CCC.CCCc1ccc(CC)cc1-c1cc(C)cc(-c2cc(C(C)(C)C)cc(C(C)(C)C)c2)c1C. The van der Waals surface area contributed by atoms with E-state index in [1.165, 1.54) is 156 Å². The molecule has 6 rings (SSSR count). The zero-order valence-electron chi connectivity index (χ0n) is 73.4. The molecule has 0 aliphatic rings. The van der Waals surface area contributed by atoms with Crippen molar-refractivity contribution in [1.82, 2.24) is 0 Å². The fraction of sp³-hybridized carbons (Fsp3) is 0.608. The van der Waals surface area contributed by atoms with Crippen LogP contribution in [0, 0.1) is 33.6 Å². The van der Waals surface area contributed by atoms with Gasteiger partial charge in [0.2, 0.25) is 0 Å². The van der Waals surface area contributed by atoms with Gasteiger partial charge in [-0.3, -0.25) is 0 Å². The predicted molar refractivity (Wildman–Crippen MR) is 460 cm³/mol. The van der Waals surface area contributed by atoms with Crippen LogP contribution < -0.4 is 0 Å². The van der Waals surface area contributed by atoms with Crippen LogP contribution in [0.5, 0.6) is 0 Å². The van der Waals surface area contributed by atoms with Crippen LogP contribution in [0.3, 0.4) is 0 Å². The first-order valence-electron chi connectivity index (χ1n) is 39.9. The second-order valence-corrected chi connectivity index (χ2v) is 28.6. The van der Waals surface area contributed by atoms with Crippen LogP contribution >= 0.6 is 0 Å². The van der Waals surface area contributed by atoms with E-state index in [0.29, 0.717) is 0 Å². The summed E-state index contributed by atoms with van der Waals surface area (Å²) in [6.07, 6.45) is 22.4. The molecule has 0 spiro atoms. The summed E-state index contributed by atoms with van der Waals surface area (Å²) >= 11 is 0. The van der Waals surface area contributed by atoms with Gasteiger partial charge in [0, 0.05) is 0 Å². The molecule has 0 aliphatic carbocycles. The van der Waals surface area contributed by atoms with Gasteiger partial charge in [-0.15, -0.1) is 12.8 Å². The molecule has 556 valence electrons. The highest BCUT2D eigenvalue weighted by Gasteiger charge is 2.26. The number of hydrogen-bond donors (Lipinski definition) is 0. The predicted octanol–water partition coefficient (Wildman–Crippen LogP) is 33.3. The number of unbranched alkanes of at least 4 members (excludes halogenated alkanes) is 3. The standard InChI is InChI=1S/C40H58.C33H44.2C3H8.8C2H6.C2H2/c1-13-15-16-17-19-34-35(30-24-32(39(7,8)9)26-33(25-30)40(10,11)12)22-28(3)23-37(34)36-27-31(38(4,5)6)21-20-29(36)18-14-2;1-11-13-25-15-14-24(12-2)18-31(25)30-17-22(3)16-29(23(30)4)26-19-27(32(5,6)7)21-28(20-26)33(8,9)10;2*1-3-2;9*1-2/h20-27H,13-19H2,1-12H3;14-21H,11-13H2,1-10H3;2*3H2,1-2H3;8*1-2H3;1-2H. The van der Waals surface area contributed by atoms with Gasteiger partial charge in [0.05, 0.1) is 0 Å². The summed E-state index contributed by atoms with van der Waals surface area (Å²) in [4.78, 5) is 0. The molecule has 6 aromatic carbocycles. The van der Waals surface area contributed by atoms with Gasteiger partial charge >= 0.3 is 0 Å². The van der Waals surface area contributed by atoms with E-state index in [2.05, 4.69) is 290 Å². The van der Waals surface area contributed by atoms with Gasteiger partial charge < -0.3 is 0 Å². The monoisotopic (exact) mass is 1330 g/mol. The number of benzene rings is 6. The Morgan fingerprint density at radius 3 is 0.918 bits per heavy atom. The largest absolute Gasteiger partial charge is 0.124 e. The first kappa shape index (κ1) is 105.